The quantitative estimate of drug-likeness (QED) is 0.700. The van der Waals surface area contributed by atoms with Gasteiger partial charge in [-0.25, -0.2) is 8.42 Å². The second-order valence-corrected chi connectivity index (χ2v) is 9.01. The molecule has 0 amide bonds. The van der Waals surface area contributed by atoms with Crippen LogP contribution in [0.5, 0.6) is 0 Å². The average molecular weight is 452 g/mol. The highest BCUT2D eigenvalue weighted by Crippen LogP contribution is 2.34. The number of hydrogen-bond donors (Lipinski definition) is 2. The zero-order chi connectivity index (χ0) is 21.4. The lowest BCUT2D eigenvalue weighted by molar-refractivity contribution is -0.138. The van der Waals surface area contributed by atoms with E-state index in [1.165, 1.54) is 10.9 Å². The summed E-state index contributed by atoms with van der Waals surface area (Å²) in [5, 5.41) is 15.4. The van der Waals surface area contributed by atoms with Crippen molar-refractivity contribution in [2.45, 2.75) is 42.9 Å². The van der Waals surface area contributed by atoms with Crippen molar-refractivity contribution in [2.24, 2.45) is 0 Å². The number of carbonyl (C=O) groups is 1. The van der Waals surface area contributed by atoms with E-state index < -0.39 is 43.3 Å². The van der Waals surface area contributed by atoms with Gasteiger partial charge in [0.05, 0.1) is 21.7 Å². The van der Waals surface area contributed by atoms with Crippen LogP contribution in [0.15, 0.2) is 29.3 Å². The topological polar surface area (TPSA) is 101 Å². The Bertz CT molecular complexity index is 1040. The maximum absolute atomic E-state index is 12.7. The summed E-state index contributed by atoms with van der Waals surface area (Å²) in [6.45, 7) is -0.290. The SMILES string of the molecule is O=C(O)Cn1ncc2c1CCC[C@H]2NCS(=O)(=O)c1ccc(C(F)(F)F)cc1Cl. The van der Waals surface area contributed by atoms with E-state index in [4.69, 9.17) is 16.7 Å². The van der Waals surface area contributed by atoms with E-state index in [0.29, 0.717) is 37.0 Å². The van der Waals surface area contributed by atoms with Crippen molar-refractivity contribution in [3.05, 3.63) is 46.2 Å². The minimum absolute atomic E-state index is 0.290. The number of fused-ring (bicyclic) bond motifs is 1. The summed E-state index contributed by atoms with van der Waals surface area (Å²) in [6, 6.07) is 1.74. The molecule has 0 aliphatic heterocycles. The number of nitrogens with zero attached hydrogens (tertiary/aromatic N) is 2. The Labute approximate surface area is 169 Å². The van der Waals surface area contributed by atoms with Crippen LogP contribution in [0.1, 0.15) is 35.7 Å². The van der Waals surface area contributed by atoms with Crippen LogP contribution in [0, 0.1) is 0 Å². The number of halogens is 4. The van der Waals surface area contributed by atoms with Gasteiger partial charge in [0.15, 0.2) is 9.84 Å². The summed E-state index contributed by atoms with van der Waals surface area (Å²) >= 11 is 5.80. The van der Waals surface area contributed by atoms with Crippen molar-refractivity contribution in [1.29, 1.82) is 0 Å². The maximum atomic E-state index is 12.7. The number of alkyl halides is 3. The van der Waals surface area contributed by atoms with Gasteiger partial charge in [-0.1, -0.05) is 11.6 Å². The molecule has 0 saturated carbocycles. The van der Waals surface area contributed by atoms with E-state index in [2.05, 4.69) is 10.4 Å². The fourth-order valence-corrected chi connectivity index (χ4v) is 5.05. The van der Waals surface area contributed by atoms with Gasteiger partial charge in [-0.3, -0.25) is 14.8 Å². The second kappa shape index (κ2) is 7.96. The van der Waals surface area contributed by atoms with Crippen molar-refractivity contribution in [3.8, 4) is 0 Å². The molecule has 0 spiro atoms. The number of hydrogen-bond acceptors (Lipinski definition) is 5. The number of carboxylic acids is 1. The van der Waals surface area contributed by atoms with E-state index in [0.717, 1.165) is 11.8 Å². The first-order valence-corrected chi connectivity index (χ1v) is 10.6. The Morgan fingerprint density at radius 3 is 2.72 bits per heavy atom. The lowest BCUT2D eigenvalue weighted by Gasteiger charge is -2.24. The van der Waals surface area contributed by atoms with Crippen molar-refractivity contribution in [3.63, 3.8) is 0 Å². The molecule has 0 saturated heterocycles. The smallest absolute Gasteiger partial charge is 0.416 e. The second-order valence-electron chi connectivity index (χ2n) is 6.65. The van der Waals surface area contributed by atoms with Crippen molar-refractivity contribution in [2.75, 3.05) is 5.88 Å². The summed E-state index contributed by atoms with van der Waals surface area (Å²) in [5.41, 5.74) is 0.407. The Hall–Kier alpha value is -2.11. The molecule has 2 N–H and O–H groups in total. The lowest BCUT2D eigenvalue weighted by Crippen LogP contribution is -2.30. The molecular formula is C17H17ClF3N3O4S. The van der Waals surface area contributed by atoms with Gasteiger partial charge in [-0.05, 0) is 37.5 Å². The van der Waals surface area contributed by atoms with Gasteiger partial charge in [0.25, 0.3) is 0 Å². The van der Waals surface area contributed by atoms with Gasteiger partial charge in [-0.15, -0.1) is 0 Å². The van der Waals surface area contributed by atoms with Gasteiger partial charge < -0.3 is 5.11 Å². The van der Waals surface area contributed by atoms with Crippen molar-refractivity contribution in [1.82, 2.24) is 15.1 Å². The molecule has 158 valence electrons. The fraction of sp³-hybridized carbons (Fsp3) is 0.412. The molecule has 3 rings (SSSR count). The molecule has 1 heterocycles. The number of aliphatic carboxylic acids is 1. The first kappa shape index (κ1) is 21.6. The molecular weight excluding hydrogens is 435 g/mol. The molecule has 1 aromatic carbocycles. The van der Waals surface area contributed by atoms with Crippen molar-refractivity contribution >= 4 is 27.4 Å². The molecule has 29 heavy (non-hydrogen) atoms. The number of sulfone groups is 1. The summed E-state index contributed by atoms with van der Waals surface area (Å²) in [5.74, 6) is -1.57. The molecule has 0 bridgehead atoms. The molecule has 0 unspecified atom stereocenters. The van der Waals surface area contributed by atoms with E-state index in [9.17, 15) is 26.4 Å². The molecule has 1 aliphatic carbocycles. The van der Waals surface area contributed by atoms with Crippen LogP contribution >= 0.6 is 11.6 Å². The van der Waals surface area contributed by atoms with Gasteiger partial charge >= 0.3 is 12.1 Å². The van der Waals surface area contributed by atoms with E-state index in [1.54, 1.807) is 0 Å². The largest absolute Gasteiger partial charge is 0.480 e. The fourth-order valence-electron chi connectivity index (χ4n) is 3.31. The Kier molecular flexibility index (Phi) is 5.93. The molecule has 12 heteroatoms. The van der Waals surface area contributed by atoms with Crippen molar-refractivity contribution < 1.29 is 31.5 Å². The highest BCUT2D eigenvalue weighted by atomic mass is 35.5. The van der Waals surface area contributed by atoms with Crippen LogP contribution in [0.2, 0.25) is 5.02 Å². The standard InChI is InChI=1S/C17H17ClF3N3O4S/c18-12-6-10(17(19,20)21)4-5-15(12)29(27,28)9-22-13-2-1-3-14-11(13)7-23-24(14)8-16(25)26/h4-7,13,22H,1-3,8-9H2,(H,25,26)/t13-/m1/s1. The Morgan fingerprint density at radius 1 is 1.38 bits per heavy atom. The zero-order valence-corrected chi connectivity index (χ0v) is 16.5. The predicted molar refractivity (Wildman–Crippen MR) is 97.2 cm³/mol. The first-order valence-electron chi connectivity index (χ1n) is 8.58. The van der Waals surface area contributed by atoms with E-state index in [-0.39, 0.29) is 12.6 Å². The highest BCUT2D eigenvalue weighted by molar-refractivity contribution is 7.91. The Morgan fingerprint density at radius 2 is 2.10 bits per heavy atom. The molecule has 1 aliphatic rings. The van der Waals surface area contributed by atoms with Gasteiger partial charge in [0.2, 0.25) is 0 Å². The molecule has 0 radical (unpaired) electrons. The number of aromatic nitrogens is 2. The van der Waals surface area contributed by atoms with Crippen LogP contribution < -0.4 is 5.32 Å². The summed E-state index contributed by atoms with van der Waals surface area (Å²) in [7, 11) is -4.00. The number of benzene rings is 1. The van der Waals surface area contributed by atoms with Gasteiger partial charge in [-0.2, -0.15) is 18.3 Å². The van der Waals surface area contributed by atoms with Crippen LogP contribution in [-0.2, 0) is 33.8 Å². The number of carboxylic acid groups (broad SMARTS) is 1. The highest BCUT2D eigenvalue weighted by Gasteiger charge is 2.32. The predicted octanol–water partition coefficient (Wildman–Crippen LogP) is 3.04. The lowest BCUT2D eigenvalue weighted by atomic mass is 9.93. The minimum atomic E-state index is -4.63. The van der Waals surface area contributed by atoms with E-state index >= 15 is 0 Å². The first-order chi connectivity index (χ1) is 13.5. The normalized spacial score (nSPS) is 17.2. The molecule has 1 aromatic heterocycles. The number of rotatable bonds is 6. The number of nitrogens with one attached hydrogen (secondary N) is 1. The summed E-state index contributed by atoms with van der Waals surface area (Å²) < 4.78 is 64.8. The summed E-state index contributed by atoms with van der Waals surface area (Å²) in [6.07, 6.45) is -1.18. The maximum Gasteiger partial charge on any atom is 0.416 e. The average Bonchev–Trinajstić information content (AvgIpc) is 3.02. The van der Waals surface area contributed by atoms with Crippen LogP contribution in [0.25, 0.3) is 0 Å². The summed E-state index contributed by atoms with van der Waals surface area (Å²) in [4.78, 5) is 10.5. The van der Waals surface area contributed by atoms with Crippen LogP contribution in [0.3, 0.4) is 0 Å². The van der Waals surface area contributed by atoms with Gasteiger partial charge in [0.1, 0.15) is 12.4 Å². The third kappa shape index (κ3) is 4.73. The minimum Gasteiger partial charge on any atom is -0.480 e. The third-order valence-corrected chi connectivity index (χ3v) is 6.66. The van der Waals surface area contributed by atoms with Gasteiger partial charge in [0, 0.05) is 17.3 Å². The zero-order valence-electron chi connectivity index (χ0n) is 14.9. The van der Waals surface area contributed by atoms with Crippen LogP contribution in [-0.4, -0.2) is 35.2 Å². The Balaban J connectivity index is 1.77. The molecule has 0 fully saturated rings. The monoisotopic (exact) mass is 451 g/mol. The van der Waals surface area contributed by atoms with Crippen LogP contribution in [0.4, 0.5) is 13.2 Å². The molecule has 2 aromatic rings. The third-order valence-electron chi connectivity index (χ3n) is 4.66. The molecule has 7 nitrogen and oxygen atoms in total. The van der Waals surface area contributed by atoms with E-state index in [1.807, 2.05) is 0 Å². The molecule has 1 atom stereocenters.